The first-order valence-corrected chi connectivity index (χ1v) is 8.91. The molecule has 8 heteroatoms. The summed E-state index contributed by atoms with van der Waals surface area (Å²) >= 11 is 0. The summed E-state index contributed by atoms with van der Waals surface area (Å²) in [4.78, 5) is 15.2. The van der Waals surface area contributed by atoms with Crippen molar-refractivity contribution in [2.75, 3.05) is 0 Å². The Morgan fingerprint density at radius 3 is 2.68 bits per heavy atom. The number of aromatic nitrogens is 2. The second-order valence-corrected chi connectivity index (χ2v) is 6.95. The number of rotatable bonds is 4. The maximum absolute atomic E-state index is 13.2. The Morgan fingerprint density at radius 2 is 2.00 bits per heavy atom. The number of benzene rings is 1. The second kappa shape index (κ2) is 7.61. The number of imidazole rings is 1. The fourth-order valence-electron chi connectivity index (χ4n) is 3.44. The van der Waals surface area contributed by atoms with Gasteiger partial charge in [-0.1, -0.05) is 37.3 Å². The summed E-state index contributed by atoms with van der Waals surface area (Å²) in [6.07, 6.45) is 0.685. The molecule has 5 nitrogen and oxygen atoms in total. The van der Waals surface area contributed by atoms with Crippen LogP contribution in [-0.2, 0) is 6.54 Å². The van der Waals surface area contributed by atoms with Gasteiger partial charge in [0.1, 0.15) is 5.82 Å². The molecule has 1 atom stereocenters. The lowest BCUT2D eigenvalue weighted by molar-refractivity contribution is -0.385. The minimum Gasteiger partial charge on any atom is -0.324 e. The summed E-state index contributed by atoms with van der Waals surface area (Å²) in [5.74, 6) is -0.0593. The molecule has 1 aromatic heterocycles. The summed E-state index contributed by atoms with van der Waals surface area (Å²) in [5.41, 5.74) is 1.45. The fourth-order valence-corrected chi connectivity index (χ4v) is 3.44. The predicted molar refractivity (Wildman–Crippen MR) is 99.7 cm³/mol. The van der Waals surface area contributed by atoms with Gasteiger partial charge in [0.05, 0.1) is 11.5 Å². The largest absolute Gasteiger partial charge is 0.412 e. The highest BCUT2D eigenvalue weighted by atomic mass is 19.4. The van der Waals surface area contributed by atoms with E-state index in [2.05, 4.69) is 4.98 Å². The first-order valence-electron chi connectivity index (χ1n) is 8.91. The lowest BCUT2D eigenvalue weighted by Crippen LogP contribution is -2.17. The fraction of sp³-hybridized carbons (Fsp3) is 0.350. The summed E-state index contributed by atoms with van der Waals surface area (Å²) in [5, 5.41) is 11.3. The van der Waals surface area contributed by atoms with Crippen LogP contribution < -0.4 is 0 Å². The van der Waals surface area contributed by atoms with Gasteiger partial charge in [-0.05, 0) is 31.3 Å². The molecule has 0 amide bonds. The van der Waals surface area contributed by atoms with Crippen LogP contribution in [0, 0.1) is 23.0 Å². The van der Waals surface area contributed by atoms with E-state index in [0.29, 0.717) is 29.8 Å². The van der Waals surface area contributed by atoms with E-state index in [9.17, 15) is 23.3 Å². The number of hydrogen-bond donors (Lipinski definition) is 0. The van der Waals surface area contributed by atoms with Crippen molar-refractivity contribution in [3.63, 3.8) is 0 Å². The van der Waals surface area contributed by atoms with Crippen LogP contribution in [-0.4, -0.2) is 20.7 Å². The first kappa shape index (κ1) is 19.9. The molecule has 0 fully saturated rings. The van der Waals surface area contributed by atoms with Gasteiger partial charge in [-0.15, -0.1) is 0 Å². The lowest BCUT2D eigenvalue weighted by Gasteiger charge is -2.17. The number of allylic oxidation sites excluding steroid dienone is 4. The van der Waals surface area contributed by atoms with Crippen LogP contribution in [0.1, 0.15) is 36.8 Å². The molecular formula is C20H20F3N3O2. The van der Waals surface area contributed by atoms with Gasteiger partial charge in [0.2, 0.25) is 0 Å². The molecular weight excluding hydrogens is 371 g/mol. The topological polar surface area (TPSA) is 61.0 Å². The van der Waals surface area contributed by atoms with Gasteiger partial charge in [-0.25, -0.2) is 4.98 Å². The van der Waals surface area contributed by atoms with Gasteiger partial charge in [0.15, 0.2) is 0 Å². The van der Waals surface area contributed by atoms with Gasteiger partial charge in [-0.2, -0.15) is 13.2 Å². The van der Waals surface area contributed by atoms with Crippen molar-refractivity contribution in [1.82, 2.24) is 9.55 Å². The normalized spacial score (nSPS) is 17.7. The molecule has 1 aliphatic carbocycles. The maximum Gasteiger partial charge on any atom is 0.412 e. The minimum absolute atomic E-state index is 0.00396. The van der Waals surface area contributed by atoms with Crippen molar-refractivity contribution in [2.45, 2.75) is 39.4 Å². The summed E-state index contributed by atoms with van der Waals surface area (Å²) in [7, 11) is 0. The molecule has 0 saturated carbocycles. The smallest absolute Gasteiger partial charge is 0.324 e. The number of halogens is 3. The lowest BCUT2D eigenvalue weighted by atomic mass is 9.96. The number of para-hydroxylation sites is 1. The van der Waals surface area contributed by atoms with Gasteiger partial charge in [0.25, 0.3) is 5.69 Å². The molecule has 0 spiro atoms. The van der Waals surface area contributed by atoms with Crippen LogP contribution in [0.5, 0.6) is 0 Å². The summed E-state index contributed by atoms with van der Waals surface area (Å²) in [6.45, 7) is 3.62. The van der Waals surface area contributed by atoms with Crippen molar-refractivity contribution in [3.05, 3.63) is 75.4 Å². The average molecular weight is 391 g/mol. The Kier molecular flexibility index (Phi) is 5.40. The SMILES string of the molecule is Cc1cnc(C2=CC=C(C(F)(F)F)C(C)CC2)n1Cc1ccccc1[N+](=O)[O-]. The van der Waals surface area contributed by atoms with Crippen LogP contribution in [0.25, 0.3) is 5.57 Å². The Balaban J connectivity index is 1.99. The van der Waals surface area contributed by atoms with Crippen molar-refractivity contribution < 1.29 is 18.1 Å². The zero-order valence-electron chi connectivity index (χ0n) is 15.5. The summed E-state index contributed by atoms with van der Waals surface area (Å²) in [6, 6.07) is 6.43. The summed E-state index contributed by atoms with van der Waals surface area (Å²) < 4.78 is 41.4. The molecule has 148 valence electrons. The van der Waals surface area contributed by atoms with Crippen LogP contribution in [0.4, 0.5) is 18.9 Å². The number of nitro groups is 1. The third kappa shape index (κ3) is 4.00. The highest BCUT2D eigenvalue weighted by molar-refractivity contribution is 5.64. The van der Waals surface area contributed by atoms with Crippen LogP contribution in [0.3, 0.4) is 0 Å². The van der Waals surface area contributed by atoms with Crippen molar-refractivity contribution in [3.8, 4) is 0 Å². The first-order chi connectivity index (χ1) is 13.2. The molecule has 1 heterocycles. The molecule has 3 rings (SSSR count). The number of alkyl halides is 3. The van der Waals surface area contributed by atoms with Crippen LogP contribution >= 0.6 is 0 Å². The molecule has 0 aliphatic heterocycles. The number of hydrogen-bond acceptors (Lipinski definition) is 3. The molecule has 1 unspecified atom stereocenters. The van der Waals surface area contributed by atoms with Gasteiger partial charge >= 0.3 is 6.18 Å². The minimum atomic E-state index is -4.36. The quantitative estimate of drug-likeness (QED) is 0.514. The molecule has 28 heavy (non-hydrogen) atoms. The number of nitrogens with zero attached hydrogens (tertiary/aromatic N) is 3. The monoisotopic (exact) mass is 391 g/mol. The van der Waals surface area contributed by atoms with Gasteiger partial charge in [0, 0.05) is 29.1 Å². The van der Waals surface area contributed by atoms with Crippen molar-refractivity contribution >= 4 is 11.3 Å². The third-order valence-electron chi connectivity index (χ3n) is 5.03. The zero-order chi connectivity index (χ0) is 20.5. The number of aryl methyl sites for hydroxylation is 1. The van der Waals surface area contributed by atoms with E-state index < -0.39 is 22.6 Å². The molecule has 1 aromatic carbocycles. The highest BCUT2D eigenvalue weighted by Gasteiger charge is 2.37. The maximum atomic E-state index is 13.2. The third-order valence-corrected chi connectivity index (χ3v) is 5.03. The van der Waals surface area contributed by atoms with E-state index in [1.165, 1.54) is 12.1 Å². The van der Waals surface area contributed by atoms with E-state index in [4.69, 9.17) is 0 Å². The average Bonchev–Trinajstić information content (AvgIpc) is 2.85. The zero-order valence-corrected chi connectivity index (χ0v) is 15.5. The van der Waals surface area contributed by atoms with Crippen LogP contribution in [0.15, 0.2) is 48.2 Å². The highest BCUT2D eigenvalue weighted by Crippen LogP contribution is 2.37. The Hall–Kier alpha value is -2.90. The Bertz CT molecular complexity index is 958. The Morgan fingerprint density at radius 1 is 1.29 bits per heavy atom. The van der Waals surface area contributed by atoms with Crippen LogP contribution in [0.2, 0.25) is 0 Å². The van der Waals surface area contributed by atoms with Crippen molar-refractivity contribution in [2.24, 2.45) is 5.92 Å². The van der Waals surface area contributed by atoms with E-state index in [-0.39, 0.29) is 12.2 Å². The van der Waals surface area contributed by atoms with E-state index in [1.54, 1.807) is 31.3 Å². The Labute approximate surface area is 160 Å². The molecule has 0 bridgehead atoms. The van der Waals surface area contributed by atoms with E-state index in [0.717, 1.165) is 11.8 Å². The van der Waals surface area contributed by atoms with E-state index in [1.807, 2.05) is 11.5 Å². The number of nitro benzene ring substituents is 1. The molecule has 0 radical (unpaired) electrons. The standard InChI is InChI=1S/C20H20F3N3O2/c1-13-7-8-15(9-10-17(13)20(21,22)23)19-24-11-14(2)25(19)12-16-5-3-4-6-18(16)26(27)28/h3-6,9-11,13H,7-8,12H2,1-2H3. The van der Waals surface area contributed by atoms with Gasteiger partial charge < -0.3 is 4.57 Å². The predicted octanol–water partition coefficient (Wildman–Crippen LogP) is 5.45. The molecule has 0 saturated heterocycles. The van der Waals surface area contributed by atoms with E-state index >= 15 is 0 Å². The second-order valence-electron chi connectivity index (χ2n) is 6.95. The van der Waals surface area contributed by atoms with Crippen molar-refractivity contribution in [1.29, 1.82) is 0 Å². The molecule has 1 aliphatic rings. The molecule has 0 N–H and O–H groups in total. The van der Waals surface area contributed by atoms with Gasteiger partial charge in [-0.3, -0.25) is 10.1 Å². The molecule has 2 aromatic rings.